The van der Waals surface area contributed by atoms with Gasteiger partial charge in [-0.05, 0) is 31.0 Å². The summed E-state index contributed by atoms with van der Waals surface area (Å²) in [6, 6.07) is 10.9. The summed E-state index contributed by atoms with van der Waals surface area (Å²) in [6.07, 6.45) is 9.34. The first-order chi connectivity index (χ1) is 8.77. The van der Waals surface area contributed by atoms with Gasteiger partial charge >= 0.3 is 0 Å². The van der Waals surface area contributed by atoms with E-state index >= 15 is 0 Å². The highest BCUT2D eigenvalue weighted by molar-refractivity contribution is 6.17. The minimum atomic E-state index is 0.222. The van der Waals surface area contributed by atoms with E-state index in [1.54, 1.807) is 0 Å². The first-order valence-corrected chi connectivity index (χ1v) is 7.31. The molecule has 98 valence electrons. The fourth-order valence-electron chi connectivity index (χ4n) is 2.70. The van der Waals surface area contributed by atoms with Crippen molar-refractivity contribution in [3.63, 3.8) is 0 Å². The van der Waals surface area contributed by atoms with Crippen LogP contribution in [0.25, 0.3) is 0 Å². The second kappa shape index (κ2) is 6.29. The molecule has 1 heterocycles. The molecule has 0 saturated carbocycles. The van der Waals surface area contributed by atoms with Gasteiger partial charge in [0.15, 0.2) is 0 Å². The van der Waals surface area contributed by atoms with Crippen molar-refractivity contribution >= 4 is 11.6 Å². The van der Waals surface area contributed by atoms with Crippen LogP contribution in [0.5, 0.6) is 0 Å². The molecule has 0 spiro atoms. The van der Waals surface area contributed by atoms with Gasteiger partial charge in [0.1, 0.15) is 0 Å². The van der Waals surface area contributed by atoms with Crippen molar-refractivity contribution in [1.82, 2.24) is 4.90 Å². The number of rotatable bonds is 5. The van der Waals surface area contributed by atoms with Crippen LogP contribution in [0.1, 0.15) is 31.2 Å². The summed E-state index contributed by atoms with van der Waals surface area (Å²) in [4.78, 5) is 2.27. The van der Waals surface area contributed by atoms with Crippen molar-refractivity contribution in [2.24, 2.45) is 0 Å². The van der Waals surface area contributed by atoms with Crippen molar-refractivity contribution in [2.45, 2.75) is 31.1 Å². The summed E-state index contributed by atoms with van der Waals surface area (Å²) in [5.41, 5.74) is 1.67. The Morgan fingerprint density at radius 1 is 1.22 bits per heavy atom. The SMILES string of the molecule is CN1C=CC(CCCCCl)(c2ccccc2)CC1. The molecule has 1 nitrogen and oxygen atoms in total. The Morgan fingerprint density at radius 3 is 2.61 bits per heavy atom. The first kappa shape index (κ1) is 13.5. The Kier molecular flexibility index (Phi) is 4.71. The van der Waals surface area contributed by atoms with Crippen LogP contribution in [-0.4, -0.2) is 24.4 Å². The van der Waals surface area contributed by atoms with Gasteiger partial charge in [-0.2, -0.15) is 0 Å². The van der Waals surface area contributed by atoms with Crippen molar-refractivity contribution < 1.29 is 0 Å². The van der Waals surface area contributed by atoms with E-state index in [0.29, 0.717) is 0 Å². The number of hydrogen-bond acceptors (Lipinski definition) is 1. The van der Waals surface area contributed by atoms with Gasteiger partial charge in [0.05, 0.1) is 0 Å². The number of nitrogens with zero attached hydrogens (tertiary/aromatic N) is 1. The molecule has 2 rings (SSSR count). The zero-order valence-corrected chi connectivity index (χ0v) is 11.9. The van der Waals surface area contributed by atoms with Crippen LogP contribution in [0.15, 0.2) is 42.6 Å². The monoisotopic (exact) mass is 263 g/mol. The molecule has 0 N–H and O–H groups in total. The van der Waals surface area contributed by atoms with E-state index in [2.05, 4.69) is 54.6 Å². The summed E-state index contributed by atoms with van der Waals surface area (Å²) < 4.78 is 0. The van der Waals surface area contributed by atoms with E-state index in [-0.39, 0.29) is 5.41 Å². The number of unbranched alkanes of at least 4 members (excludes halogenated alkanes) is 1. The van der Waals surface area contributed by atoms with Gasteiger partial charge in [0.2, 0.25) is 0 Å². The lowest BCUT2D eigenvalue weighted by Crippen LogP contribution is -2.33. The zero-order chi connectivity index (χ0) is 12.8. The number of halogens is 1. The standard InChI is InChI=1S/C16H22ClN/c1-18-13-10-16(11-14-18,9-5-6-12-17)15-7-3-2-4-8-15/h2-4,7-8,10,13H,5-6,9,11-12,14H2,1H3. The van der Waals surface area contributed by atoms with Crippen LogP contribution in [0.3, 0.4) is 0 Å². The molecule has 0 aromatic heterocycles. The van der Waals surface area contributed by atoms with Crippen molar-refractivity contribution in [1.29, 1.82) is 0 Å². The molecule has 2 heteroatoms. The van der Waals surface area contributed by atoms with Gasteiger partial charge in [0, 0.05) is 24.9 Å². The lowest BCUT2D eigenvalue weighted by atomic mass is 9.72. The van der Waals surface area contributed by atoms with Crippen molar-refractivity contribution in [3.05, 3.63) is 48.2 Å². The van der Waals surface area contributed by atoms with Crippen LogP contribution >= 0.6 is 11.6 Å². The van der Waals surface area contributed by atoms with Gasteiger partial charge < -0.3 is 4.90 Å². The summed E-state index contributed by atoms with van der Waals surface area (Å²) in [6.45, 7) is 1.13. The average Bonchev–Trinajstić information content (AvgIpc) is 2.43. The van der Waals surface area contributed by atoms with E-state index < -0.39 is 0 Å². The zero-order valence-electron chi connectivity index (χ0n) is 11.1. The lowest BCUT2D eigenvalue weighted by molar-refractivity contribution is 0.323. The number of allylic oxidation sites excluding steroid dienone is 1. The minimum Gasteiger partial charge on any atom is -0.381 e. The molecular formula is C16H22ClN. The van der Waals surface area contributed by atoms with Crippen LogP contribution in [0.2, 0.25) is 0 Å². The second-order valence-electron chi connectivity index (χ2n) is 5.21. The normalized spacial score (nSPS) is 23.3. The number of alkyl halides is 1. The van der Waals surface area contributed by atoms with E-state index in [1.165, 1.54) is 24.8 Å². The third kappa shape index (κ3) is 3.08. The Morgan fingerprint density at radius 2 is 2.00 bits per heavy atom. The smallest absolute Gasteiger partial charge is 0.0223 e. The van der Waals surface area contributed by atoms with Crippen molar-refractivity contribution in [3.8, 4) is 0 Å². The Bertz CT molecular complexity index is 387. The van der Waals surface area contributed by atoms with E-state index in [1.807, 2.05) is 0 Å². The average molecular weight is 264 g/mol. The van der Waals surface area contributed by atoms with Gasteiger partial charge in [-0.15, -0.1) is 11.6 Å². The molecule has 0 fully saturated rings. The highest BCUT2D eigenvalue weighted by atomic mass is 35.5. The molecule has 1 unspecified atom stereocenters. The third-order valence-corrected chi connectivity index (χ3v) is 4.18. The maximum absolute atomic E-state index is 5.81. The molecule has 1 aromatic carbocycles. The lowest BCUT2D eigenvalue weighted by Gasteiger charge is -2.37. The summed E-state index contributed by atoms with van der Waals surface area (Å²) in [5.74, 6) is 0.772. The molecule has 18 heavy (non-hydrogen) atoms. The summed E-state index contributed by atoms with van der Waals surface area (Å²) >= 11 is 5.81. The Hall–Kier alpha value is -0.950. The maximum atomic E-state index is 5.81. The number of hydrogen-bond donors (Lipinski definition) is 0. The van der Waals surface area contributed by atoms with Gasteiger partial charge in [-0.1, -0.05) is 42.8 Å². The maximum Gasteiger partial charge on any atom is 0.0223 e. The van der Waals surface area contributed by atoms with E-state index in [9.17, 15) is 0 Å². The van der Waals surface area contributed by atoms with Crippen LogP contribution in [0.4, 0.5) is 0 Å². The molecule has 0 aliphatic carbocycles. The highest BCUT2D eigenvalue weighted by Crippen LogP contribution is 2.37. The van der Waals surface area contributed by atoms with Gasteiger partial charge in [0.25, 0.3) is 0 Å². The first-order valence-electron chi connectivity index (χ1n) is 6.78. The van der Waals surface area contributed by atoms with E-state index in [4.69, 9.17) is 11.6 Å². The van der Waals surface area contributed by atoms with Gasteiger partial charge in [-0.25, -0.2) is 0 Å². The van der Waals surface area contributed by atoms with Crippen LogP contribution in [0, 0.1) is 0 Å². The predicted octanol–water partition coefficient (Wildman–Crippen LogP) is 4.18. The quantitative estimate of drug-likeness (QED) is 0.569. The fraction of sp³-hybridized carbons (Fsp3) is 0.500. The van der Waals surface area contributed by atoms with E-state index in [0.717, 1.165) is 18.8 Å². The highest BCUT2D eigenvalue weighted by Gasteiger charge is 2.30. The van der Waals surface area contributed by atoms with Crippen LogP contribution < -0.4 is 0 Å². The second-order valence-corrected chi connectivity index (χ2v) is 5.59. The van der Waals surface area contributed by atoms with Crippen molar-refractivity contribution in [2.75, 3.05) is 19.5 Å². The predicted molar refractivity (Wildman–Crippen MR) is 79.1 cm³/mol. The molecule has 1 aliphatic rings. The largest absolute Gasteiger partial charge is 0.381 e. The molecular weight excluding hydrogens is 242 g/mol. The Balaban J connectivity index is 2.20. The third-order valence-electron chi connectivity index (χ3n) is 3.91. The molecule has 1 aliphatic heterocycles. The molecule has 0 amide bonds. The molecule has 0 bridgehead atoms. The topological polar surface area (TPSA) is 3.24 Å². The molecule has 1 atom stereocenters. The van der Waals surface area contributed by atoms with Crippen LogP contribution in [-0.2, 0) is 5.41 Å². The summed E-state index contributed by atoms with van der Waals surface area (Å²) in [5, 5.41) is 0. The number of benzene rings is 1. The summed E-state index contributed by atoms with van der Waals surface area (Å²) in [7, 11) is 2.14. The molecule has 0 radical (unpaired) electrons. The minimum absolute atomic E-state index is 0.222. The Labute approximate surface area is 115 Å². The fourth-order valence-corrected chi connectivity index (χ4v) is 2.89. The van der Waals surface area contributed by atoms with Gasteiger partial charge in [-0.3, -0.25) is 0 Å². The molecule has 0 saturated heterocycles. The molecule has 1 aromatic rings.